The molecule has 1 aromatic carbocycles. The van der Waals surface area contributed by atoms with Crippen LogP contribution in [0.4, 0.5) is 11.8 Å². The molecule has 4 N–H and O–H groups in total. The second-order valence-corrected chi connectivity index (χ2v) is 10.5. The summed E-state index contributed by atoms with van der Waals surface area (Å²) in [7, 11) is 2.15. The zero-order valence-corrected chi connectivity index (χ0v) is 21.0. The molecule has 10 nitrogen and oxygen atoms in total. The maximum Gasteiger partial charge on any atom is 0.201 e. The third-order valence-electron chi connectivity index (χ3n) is 6.65. The van der Waals surface area contributed by atoms with E-state index >= 15 is 0 Å². The number of H-pyrrole nitrogens is 1. The van der Waals surface area contributed by atoms with Crippen molar-refractivity contribution in [3.05, 3.63) is 36.4 Å². The van der Waals surface area contributed by atoms with Gasteiger partial charge in [-0.3, -0.25) is 4.57 Å². The van der Waals surface area contributed by atoms with Crippen molar-refractivity contribution in [1.82, 2.24) is 34.4 Å². The van der Waals surface area contributed by atoms with Crippen LogP contribution in [0.2, 0.25) is 0 Å². The van der Waals surface area contributed by atoms with Crippen molar-refractivity contribution in [2.45, 2.75) is 57.8 Å². The number of rotatable bonds is 8. The van der Waals surface area contributed by atoms with Crippen molar-refractivity contribution in [3.63, 3.8) is 0 Å². The van der Waals surface area contributed by atoms with Gasteiger partial charge in [-0.2, -0.15) is 0 Å². The molecule has 10 heteroatoms. The molecule has 0 amide bonds. The summed E-state index contributed by atoms with van der Waals surface area (Å²) in [5.41, 5.74) is 10.8. The molecule has 2 atom stereocenters. The summed E-state index contributed by atoms with van der Waals surface area (Å²) in [5.74, 6) is 1.22. The zero-order valence-electron chi connectivity index (χ0n) is 21.0. The SMILES string of the molecule is CN(CCCNc1nc2ccc(C(C)(C)C)cc2[nH]1)C[C@@H]1CC[C@H](n2cnc3c(N)ncnc32)O1. The van der Waals surface area contributed by atoms with Gasteiger partial charge in [0.25, 0.3) is 0 Å². The molecule has 1 fully saturated rings. The first-order chi connectivity index (χ1) is 16.8. The number of hydrogen-bond acceptors (Lipinski definition) is 8. The third kappa shape index (κ3) is 5.08. The molecule has 0 aliphatic carbocycles. The van der Waals surface area contributed by atoms with E-state index in [0.717, 1.165) is 61.5 Å². The summed E-state index contributed by atoms with van der Waals surface area (Å²) in [6.07, 6.45) is 6.28. The molecule has 0 saturated carbocycles. The van der Waals surface area contributed by atoms with Crippen LogP contribution in [0.3, 0.4) is 0 Å². The molecule has 186 valence electrons. The summed E-state index contributed by atoms with van der Waals surface area (Å²) in [4.78, 5) is 23.1. The van der Waals surface area contributed by atoms with E-state index in [1.165, 1.54) is 11.9 Å². The van der Waals surface area contributed by atoms with Crippen LogP contribution in [-0.4, -0.2) is 67.2 Å². The van der Waals surface area contributed by atoms with Gasteiger partial charge in [0.1, 0.15) is 18.1 Å². The van der Waals surface area contributed by atoms with E-state index in [-0.39, 0.29) is 17.7 Å². The zero-order chi connectivity index (χ0) is 24.6. The van der Waals surface area contributed by atoms with E-state index in [0.29, 0.717) is 11.3 Å². The van der Waals surface area contributed by atoms with Crippen molar-refractivity contribution in [3.8, 4) is 0 Å². The number of hydrogen-bond donors (Lipinski definition) is 3. The van der Waals surface area contributed by atoms with E-state index in [1.54, 1.807) is 6.33 Å². The average molecular weight is 478 g/mol. The Kier molecular flexibility index (Phi) is 6.33. The number of fused-ring (bicyclic) bond motifs is 2. The van der Waals surface area contributed by atoms with E-state index in [1.807, 2.05) is 4.57 Å². The van der Waals surface area contributed by atoms with Crippen LogP contribution in [0.25, 0.3) is 22.2 Å². The molecule has 4 aromatic rings. The first kappa shape index (κ1) is 23.5. The highest BCUT2D eigenvalue weighted by molar-refractivity contribution is 5.81. The molecule has 0 radical (unpaired) electrons. The average Bonchev–Trinajstić information content (AvgIpc) is 3.53. The second kappa shape index (κ2) is 9.43. The lowest BCUT2D eigenvalue weighted by molar-refractivity contribution is -0.00843. The Morgan fingerprint density at radius 1 is 1.23 bits per heavy atom. The Morgan fingerprint density at radius 3 is 2.91 bits per heavy atom. The van der Waals surface area contributed by atoms with E-state index in [2.05, 4.69) is 81.2 Å². The topological polar surface area (TPSA) is 123 Å². The molecule has 1 saturated heterocycles. The van der Waals surface area contributed by atoms with Gasteiger partial charge in [-0.25, -0.2) is 19.9 Å². The fourth-order valence-electron chi connectivity index (χ4n) is 4.66. The molecular weight excluding hydrogens is 442 g/mol. The molecule has 4 heterocycles. The predicted molar refractivity (Wildman–Crippen MR) is 138 cm³/mol. The number of anilines is 2. The Hall–Kier alpha value is -3.24. The van der Waals surface area contributed by atoms with Crippen molar-refractivity contribution < 1.29 is 4.74 Å². The number of nitrogen functional groups attached to an aromatic ring is 1. The van der Waals surface area contributed by atoms with Gasteiger partial charge >= 0.3 is 0 Å². The van der Waals surface area contributed by atoms with Gasteiger partial charge in [0.15, 0.2) is 11.5 Å². The highest BCUT2D eigenvalue weighted by Gasteiger charge is 2.29. The molecule has 1 aliphatic heterocycles. The quantitative estimate of drug-likeness (QED) is 0.328. The lowest BCUT2D eigenvalue weighted by Crippen LogP contribution is -2.30. The largest absolute Gasteiger partial charge is 0.382 e. The summed E-state index contributed by atoms with van der Waals surface area (Å²) >= 11 is 0. The summed E-state index contributed by atoms with van der Waals surface area (Å²) in [5, 5.41) is 3.43. The predicted octanol–water partition coefficient (Wildman–Crippen LogP) is 3.69. The van der Waals surface area contributed by atoms with Crippen molar-refractivity contribution in [2.75, 3.05) is 37.7 Å². The standard InChI is InChI=1S/C25H35N9O/c1-25(2,3)16-6-8-18-19(12-16)32-24(31-18)27-10-5-11-33(4)13-17-7-9-20(35-17)34-15-30-21-22(26)28-14-29-23(21)34/h6,8,12,14-15,17,20H,5,7,9-11,13H2,1-4H3,(H2,26,28,29)(H2,27,31,32)/t17-,20+/m0/s1. The van der Waals surface area contributed by atoms with Gasteiger partial charge in [-0.1, -0.05) is 26.8 Å². The van der Waals surface area contributed by atoms with E-state index in [4.69, 9.17) is 10.5 Å². The number of nitrogens with one attached hydrogen (secondary N) is 2. The van der Waals surface area contributed by atoms with E-state index < -0.39 is 0 Å². The number of aromatic amines is 1. The van der Waals surface area contributed by atoms with Crippen LogP contribution in [-0.2, 0) is 10.2 Å². The number of likely N-dealkylation sites (N-methyl/N-ethyl adjacent to an activating group) is 1. The normalized spacial score (nSPS) is 18.8. The van der Waals surface area contributed by atoms with Crippen LogP contribution in [0, 0.1) is 0 Å². The summed E-state index contributed by atoms with van der Waals surface area (Å²) in [6.45, 7) is 9.39. The fourth-order valence-corrected chi connectivity index (χ4v) is 4.66. The monoisotopic (exact) mass is 477 g/mol. The maximum absolute atomic E-state index is 6.32. The number of nitrogens with zero attached hydrogens (tertiary/aromatic N) is 6. The Balaban J connectivity index is 1.08. The number of nitrogens with two attached hydrogens (primary N) is 1. The van der Waals surface area contributed by atoms with Crippen LogP contribution >= 0.6 is 0 Å². The number of ether oxygens (including phenoxy) is 1. The van der Waals surface area contributed by atoms with Crippen molar-refractivity contribution in [2.24, 2.45) is 0 Å². The highest BCUT2D eigenvalue weighted by atomic mass is 16.5. The van der Waals surface area contributed by atoms with Crippen LogP contribution in [0.15, 0.2) is 30.9 Å². The first-order valence-electron chi connectivity index (χ1n) is 12.3. The van der Waals surface area contributed by atoms with Crippen LogP contribution in [0.5, 0.6) is 0 Å². The van der Waals surface area contributed by atoms with Gasteiger partial charge in [0.2, 0.25) is 5.95 Å². The Bertz CT molecular complexity index is 1310. The highest BCUT2D eigenvalue weighted by Crippen LogP contribution is 2.31. The van der Waals surface area contributed by atoms with Gasteiger partial charge in [0.05, 0.1) is 23.5 Å². The van der Waals surface area contributed by atoms with Gasteiger partial charge in [-0.15, -0.1) is 0 Å². The summed E-state index contributed by atoms with van der Waals surface area (Å²) in [6, 6.07) is 6.45. The lowest BCUT2D eigenvalue weighted by atomic mass is 9.87. The molecule has 35 heavy (non-hydrogen) atoms. The fraction of sp³-hybridized carbons (Fsp3) is 0.520. The van der Waals surface area contributed by atoms with Gasteiger partial charge in [-0.05, 0) is 56.0 Å². The van der Waals surface area contributed by atoms with Crippen LogP contribution in [0.1, 0.15) is 51.8 Å². The van der Waals surface area contributed by atoms with Gasteiger partial charge in [0, 0.05) is 13.1 Å². The lowest BCUT2D eigenvalue weighted by Gasteiger charge is -2.21. The summed E-state index contributed by atoms with van der Waals surface area (Å²) < 4.78 is 8.28. The molecular formula is C25H35N9O. The number of aromatic nitrogens is 6. The third-order valence-corrected chi connectivity index (χ3v) is 6.65. The minimum absolute atomic E-state index is 0.0683. The van der Waals surface area contributed by atoms with Crippen molar-refractivity contribution in [1.29, 1.82) is 0 Å². The molecule has 0 spiro atoms. The van der Waals surface area contributed by atoms with Crippen LogP contribution < -0.4 is 11.1 Å². The van der Waals surface area contributed by atoms with E-state index in [9.17, 15) is 0 Å². The smallest absolute Gasteiger partial charge is 0.201 e. The number of benzene rings is 1. The Morgan fingerprint density at radius 2 is 2.09 bits per heavy atom. The first-order valence-corrected chi connectivity index (χ1v) is 12.3. The van der Waals surface area contributed by atoms with Crippen molar-refractivity contribution >= 4 is 34.0 Å². The minimum Gasteiger partial charge on any atom is -0.382 e. The van der Waals surface area contributed by atoms with Gasteiger partial charge < -0.3 is 25.7 Å². The molecule has 0 unspecified atom stereocenters. The second-order valence-electron chi connectivity index (χ2n) is 10.5. The molecule has 0 bridgehead atoms. The minimum atomic E-state index is -0.0683. The molecule has 1 aliphatic rings. The maximum atomic E-state index is 6.32. The number of imidazole rings is 2. The molecule has 3 aromatic heterocycles. The molecule has 5 rings (SSSR count). The Labute approximate surface area is 205 Å².